The van der Waals surface area contributed by atoms with Gasteiger partial charge < -0.3 is 19.6 Å². The number of rotatable bonds is 10. The number of carbonyl (C=O) groups is 1. The van der Waals surface area contributed by atoms with E-state index in [1.54, 1.807) is 10.9 Å². The van der Waals surface area contributed by atoms with Crippen LogP contribution in [0.15, 0.2) is 36.1 Å². The Morgan fingerprint density at radius 2 is 1.93 bits per heavy atom. The second kappa shape index (κ2) is 14.3. The minimum absolute atomic E-state index is 0. The number of thiazole rings is 1. The van der Waals surface area contributed by atoms with E-state index in [4.69, 9.17) is 9.36 Å². The summed E-state index contributed by atoms with van der Waals surface area (Å²) >= 11 is 1.13. The smallest absolute Gasteiger partial charge is 0.767 e. The van der Waals surface area contributed by atoms with Crippen LogP contribution in [0.2, 0.25) is 0 Å². The molecule has 1 aliphatic carbocycles. The Morgan fingerprint density at radius 1 is 1.17 bits per heavy atom. The van der Waals surface area contributed by atoms with Crippen molar-refractivity contribution in [2.24, 2.45) is 0 Å². The quantitative estimate of drug-likeness (QED) is 0.153. The SMILES string of the molecule is CCOC1CCC(n2cc(NC(=O)c3csc(-c4cnn(OP(=O)([O-])CC)c4)n3)c(-c3nc(F)ccc3F)n2)CC1.[K+]. The number of amides is 1. The average molecular weight is 646 g/mol. The summed E-state index contributed by atoms with van der Waals surface area (Å²) < 4.78 is 52.7. The second-order valence-corrected chi connectivity index (χ2v) is 12.2. The first-order valence-electron chi connectivity index (χ1n) is 13.0. The summed E-state index contributed by atoms with van der Waals surface area (Å²) in [6.07, 6.45) is 7.45. The average Bonchev–Trinajstić information content (AvgIpc) is 3.71. The maximum atomic E-state index is 14.7. The number of ether oxygens (including phenoxy) is 1. The van der Waals surface area contributed by atoms with Gasteiger partial charge in [-0.2, -0.15) is 9.49 Å². The van der Waals surface area contributed by atoms with Crippen molar-refractivity contribution < 1.29 is 83.8 Å². The molecule has 5 rings (SSSR count). The van der Waals surface area contributed by atoms with E-state index in [-0.39, 0.29) is 92.5 Å². The van der Waals surface area contributed by atoms with Gasteiger partial charge in [0.2, 0.25) is 13.5 Å². The van der Waals surface area contributed by atoms with Gasteiger partial charge in [0, 0.05) is 24.3 Å². The van der Waals surface area contributed by atoms with E-state index in [2.05, 4.69) is 25.5 Å². The fourth-order valence-corrected chi connectivity index (χ4v) is 5.72. The predicted octanol–water partition coefficient (Wildman–Crippen LogP) is 1.32. The molecule has 1 aliphatic rings. The Kier molecular flexibility index (Phi) is 11.2. The van der Waals surface area contributed by atoms with Gasteiger partial charge in [-0.3, -0.25) is 14.0 Å². The van der Waals surface area contributed by atoms with Crippen LogP contribution in [0.4, 0.5) is 14.5 Å². The summed E-state index contributed by atoms with van der Waals surface area (Å²) in [6, 6.07) is 1.85. The van der Waals surface area contributed by atoms with E-state index >= 15 is 0 Å². The molecule has 12 nitrogen and oxygen atoms in total. The predicted molar refractivity (Wildman–Crippen MR) is 144 cm³/mol. The zero-order valence-corrected chi connectivity index (χ0v) is 28.0. The van der Waals surface area contributed by atoms with E-state index in [0.717, 1.165) is 54.0 Å². The van der Waals surface area contributed by atoms with Gasteiger partial charge in [-0.05, 0) is 44.7 Å². The summed E-state index contributed by atoms with van der Waals surface area (Å²) in [6.45, 7) is 4.04. The van der Waals surface area contributed by atoms with Crippen molar-refractivity contribution in [2.75, 3.05) is 18.1 Å². The Hall–Kier alpha value is -1.88. The molecule has 4 aromatic rings. The fourth-order valence-electron chi connectivity index (χ4n) is 4.48. The Balaban J connectivity index is 0.00000405. The largest absolute Gasteiger partial charge is 1.00 e. The normalized spacial score (nSPS) is 18.2. The molecule has 42 heavy (non-hydrogen) atoms. The third-order valence-corrected chi connectivity index (χ3v) is 8.66. The molecule has 4 heterocycles. The standard InChI is InChI=1S/C25H28F2N7O5PS.K/c1-3-38-17-7-5-16(6-8-17)33-13-19(23(32-33)22-18(26)9-10-21(27)31-22)29-24(35)20-14-41-25(30-20)15-11-28-34(12-15)39-40(36,37)4-2;/h9-14,16-17H,3-8H2,1-2H3,(H,29,35)(H,36,37);/q;+1/p-1. The molecule has 1 fully saturated rings. The molecular formula is C25H27F2KN7O5PS. The van der Waals surface area contributed by atoms with Crippen molar-refractivity contribution in [1.29, 1.82) is 0 Å². The molecule has 0 bridgehead atoms. The number of aromatic nitrogens is 6. The van der Waals surface area contributed by atoms with Gasteiger partial charge in [-0.15, -0.1) is 21.3 Å². The van der Waals surface area contributed by atoms with Crippen LogP contribution in [0.25, 0.3) is 22.0 Å². The number of carbonyl (C=O) groups excluding carboxylic acids is 1. The molecule has 1 unspecified atom stereocenters. The molecule has 0 aromatic carbocycles. The van der Waals surface area contributed by atoms with Crippen molar-refractivity contribution in [3.8, 4) is 22.0 Å². The number of nitrogens with one attached hydrogen (secondary N) is 1. The molecule has 1 saturated carbocycles. The van der Waals surface area contributed by atoms with Crippen LogP contribution in [0.5, 0.6) is 0 Å². The molecule has 4 aromatic heterocycles. The van der Waals surface area contributed by atoms with E-state index < -0.39 is 25.3 Å². The molecule has 0 spiro atoms. The summed E-state index contributed by atoms with van der Waals surface area (Å²) in [5.74, 6) is -2.27. The summed E-state index contributed by atoms with van der Waals surface area (Å²) in [4.78, 5) is 33.7. The van der Waals surface area contributed by atoms with Gasteiger partial charge in [-0.25, -0.2) is 14.4 Å². The molecule has 1 atom stereocenters. The number of anilines is 1. The van der Waals surface area contributed by atoms with Gasteiger partial charge >= 0.3 is 51.4 Å². The first-order valence-corrected chi connectivity index (χ1v) is 15.6. The molecule has 0 saturated heterocycles. The summed E-state index contributed by atoms with van der Waals surface area (Å²) in [5.41, 5.74) is 0.309. The van der Waals surface area contributed by atoms with Crippen LogP contribution in [-0.4, -0.2) is 54.5 Å². The number of nitrogens with zero attached hydrogens (tertiary/aromatic N) is 6. The van der Waals surface area contributed by atoms with Crippen LogP contribution in [0.3, 0.4) is 0 Å². The minimum atomic E-state index is -4.08. The van der Waals surface area contributed by atoms with Gasteiger partial charge in [-0.1, -0.05) is 6.92 Å². The molecule has 0 aliphatic heterocycles. The van der Waals surface area contributed by atoms with Crippen molar-refractivity contribution in [1.82, 2.24) is 29.7 Å². The van der Waals surface area contributed by atoms with Crippen molar-refractivity contribution >= 4 is 30.5 Å². The maximum Gasteiger partial charge on any atom is 1.00 e. The molecular weight excluding hydrogens is 618 g/mol. The first kappa shape index (κ1) is 33.0. The van der Waals surface area contributed by atoms with E-state index in [0.29, 0.717) is 17.2 Å². The molecule has 218 valence electrons. The Bertz CT molecular complexity index is 1590. The van der Waals surface area contributed by atoms with E-state index in [1.165, 1.54) is 24.7 Å². The fraction of sp³-hybridized carbons (Fsp3) is 0.400. The molecule has 0 radical (unpaired) electrons. The topological polar surface area (TPSA) is 149 Å². The van der Waals surface area contributed by atoms with Crippen molar-refractivity contribution in [3.63, 3.8) is 0 Å². The summed E-state index contributed by atoms with van der Waals surface area (Å²) in [7, 11) is -4.08. The third-order valence-electron chi connectivity index (χ3n) is 6.58. The maximum absolute atomic E-state index is 14.7. The van der Waals surface area contributed by atoms with Gasteiger partial charge in [0.15, 0.2) is 5.82 Å². The number of halogens is 2. The Morgan fingerprint density at radius 3 is 2.64 bits per heavy atom. The monoisotopic (exact) mass is 645 g/mol. The first-order chi connectivity index (χ1) is 19.7. The van der Waals surface area contributed by atoms with Crippen molar-refractivity contribution in [3.05, 3.63) is 53.6 Å². The van der Waals surface area contributed by atoms with Crippen LogP contribution in [-0.2, 0) is 9.30 Å². The Labute approximate surface area is 286 Å². The van der Waals surface area contributed by atoms with Crippen LogP contribution in [0.1, 0.15) is 56.1 Å². The number of pyridine rings is 1. The van der Waals surface area contributed by atoms with E-state index in [9.17, 15) is 23.0 Å². The van der Waals surface area contributed by atoms with Crippen LogP contribution < -0.4 is 66.2 Å². The third kappa shape index (κ3) is 7.79. The van der Waals surface area contributed by atoms with Gasteiger partial charge in [0.25, 0.3) is 5.91 Å². The molecule has 17 heteroatoms. The molecule has 1 amide bonds. The summed E-state index contributed by atoms with van der Waals surface area (Å²) in [5, 5.41) is 13.0. The van der Waals surface area contributed by atoms with Crippen molar-refractivity contribution in [2.45, 2.75) is 51.7 Å². The number of hydrogen-bond donors (Lipinski definition) is 1. The zero-order valence-electron chi connectivity index (χ0n) is 23.2. The second-order valence-electron chi connectivity index (χ2n) is 9.35. The minimum Gasteiger partial charge on any atom is -0.767 e. The van der Waals surface area contributed by atoms with Gasteiger partial charge in [0.1, 0.15) is 22.1 Å². The van der Waals surface area contributed by atoms with E-state index in [1.807, 2.05) is 6.92 Å². The van der Waals surface area contributed by atoms with Crippen LogP contribution in [0, 0.1) is 11.8 Å². The number of hydrogen-bond acceptors (Lipinski definition) is 10. The zero-order chi connectivity index (χ0) is 29.1. The van der Waals surface area contributed by atoms with Crippen LogP contribution >= 0.6 is 18.9 Å². The molecule has 1 N–H and O–H groups in total. The van der Waals surface area contributed by atoms with Gasteiger partial charge in [0.05, 0.1) is 35.8 Å².